The Morgan fingerprint density at radius 3 is 2.50 bits per heavy atom. The summed E-state index contributed by atoms with van der Waals surface area (Å²) in [5.74, 6) is 2.59. The third-order valence-corrected chi connectivity index (χ3v) is 9.40. The average molecular weight is 496 g/mol. The van der Waals surface area contributed by atoms with Crippen molar-refractivity contribution in [2.24, 2.45) is 4.99 Å². The summed E-state index contributed by atoms with van der Waals surface area (Å²) in [6.07, 6.45) is 9.45. The molecule has 8 heteroatoms. The Morgan fingerprint density at radius 1 is 1.21 bits per heavy atom. The van der Waals surface area contributed by atoms with Crippen molar-refractivity contribution in [1.82, 2.24) is 8.87 Å². The molecule has 1 heterocycles. The van der Waals surface area contributed by atoms with Gasteiger partial charge in [0.05, 0.1) is 21.7 Å². The maximum atomic E-state index is 13.0. The van der Waals surface area contributed by atoms with Crippen LogP contribution in [0.2, 0.25) is 0 Å². The molecule has 6 nitrogen and oxygen atoms in total. The van der Waals surface area contributed by atoms with Gasteiger partial charge in [0.1, 0.15) is 0 Å². The summed E-state index contributed by atoms with van der Waals surface area (Å²) in [6.45, 7) is 4.57. The van der Waals surface area contributed by atoms with Gasteiger partial charge in [-0.15, -0.1) is 6.42 Å². The molecule has 178 valence electrons. The van der Waals surface area contributed by atoms with E-state index in [2.05, 4.69) is 36.9 Å². The standard InChI is InChI=1S/C26H29N3O3S2/c1-5-16-29-23-15-12-20(18(2)3)17-24(23)33-26(29)27-25(30)19-10-13-22(14-11-19)34(31,32)28(4)21-8-6-7-9-21/h1,10-15,17-18,21H,6-9,16H2,2-4H3. The van der Waals surface area contributed by atoms with Crippen molar-refractivity contribution in [2.75, 3.05) is 7.05 Å². The minimum atomic E-state index is -3.60. The van der Waals surface area contributed by atoms with Crippen molar-refractivity contribution in [3.63, 3.8) is 0 Å². The summed E-state index contributed by atoms with van der Waals surface area (Å²) in [4.78, 5) is 18.0. The van der Waals surface area contributed by atoms with Gasteiger partial charge in [-0.1, -0.05) is 50.0 Å². The monoisotopic (exact) mass is 495 g/mol. The van der Waals surface area contributed by atoms with Crippen molar-refractivity contribution in [2.45, 2.75) is 62.9 Å². The van der Waals surface area contributed by atoms with Gasteiger partial charge in [-0.25, -0.2) is 8.42 Å². The first-order chi connectivity index (χ1) is 16.2. The summed E-state index contributed by atoms with van der Waals surface area (Å²) in [5.41, 5.74) is 2.48. The SMILES string of the molecule is C#CCn1c(=NC(=O)c2ccc(S(=O)(=O)N(C)C3CCCC3)cc2)sc2cc(C(C)C)ccc21. The van der Waals surface area contributed by atoms with Crippen molar-refractivity contribution in [3.05, 3.63) is 58.4 Å². The summed E-state index contributed by atoms with van der Waals surface area (Å²) in [6, 6.07) is 12.3. The van der Waals surface area contributed by atoms with Gasteiger partial charge in [0.15, 0.2) is 4.80 Å². The van der Waals surface area contributed by atoms with Crippen molar-refractivity contribution in [1.29, 1.82) is 0 Å². The Bertz CT molecular complexity index is 1420. The lowest BCUT2D eigenvalue weighted by Crippen LogP contribution is -2.35. The van der Waals surface area contributed by atoms with Crippen LogP contribution in [0, 0.1) is 12.3 Å². The summed E-state index contributed by atoms with van der Waals surface area (Å²) < 4.78 is 30.3. The molecular formula is C26H29N3O3S2. The van der Waals surface area contributed by atoms with Gasteiger partial charge in [-0.2, -0.15) is 9.30 Å². The van der Waals surface area contributed by atoms with Crippen LogP contribution in [-0.2, 0) is 16.6 Å². The lowest BCUT2D eigenvalue weighted by Gasteiger charge is -2.23. The van der Waals surface area contributed by atoms with Crippen LogP contribution in [0.25, 0.3) is 10.2 Å². The highest BCUT2D eigenvalue weighted by molar-refractivity contribution is 7.89. The first-order valence-electron chi connectivity index (χ1n) is 11.5. The lowest BCUT2D eigenvalue weighted by atomic mass is 10.0. The predicted molar refractivity (Wildman–Crippen MR) is 136 cm³/mol. The molecule has 0 aliphatic heterocycles. The van der Waals surface area contributed by atoms with Crippen molar-refractivity contribution in [3.8, 4) is 12.3 Å². The number of fused-ring (bicyclic) bond motifs is 1. The second kappa shape index (κ2) is 9.87. The van der Waals surface area contributed by atoms with E-state index in [0.717, 1.165) is 35.9 Å². The molecule has 0 unspecified atom stereocenters. The molecule has 0 radical (unpaired) electrons. The van der Waals surface area contributed by atoms with Crippen LogP contribution in [0.15, 0.2) is 52.4 Å². The zero-order chi connectivity index (χ0) is 24.5. The highest BCUT2D eigenvalue weighted by Gasteiger charge is 2.30. The molecule has 1 amide bonds. The topological polar surface area (TPSA) is 71.7 Å². The molecule has 1 aliphatic carbocycles. The number of aromatic nitrogens is 1. The number of carbonyl (C=O) groups excluding carboxylic acids is 1. The highest BCUT2D eigenvalue weighted by atomic mass is 32.2. The lowest BCUT2D eigenvalue weighted by molar-refractivity contribution is 0.0998. The Kier molecular flexibility index (Phi) is 7.08. The van der Waals surface area contributed by atoms with Crippen LogP contribution in [0.1, 0.15) is 61.4 Å². The Morgan fingerprint density at radius 2 is 1.88 bits per heavy atom. The Hall–Kier alpha value is -2.73. The number of benzene rings is 2. The molecule has 0 N–H and O–H groups in total. The highest BCUT2D eigenvalue weighted by Crippen LogP contribution is 2.27. The van der Waals surface area contributed by atoms with E-state index < -0.39 is 15.9 Å². The molecule has 3 aromatic rings. The quantitative estimate of drug-likeness (QED) is 0.463. The maximum absolute atomic E-state index is 13.0. The number of hydrogen-bond acceptors (Lipinski definition) is 4. The molecular weight excluding hydrogens is 466 g/mol. The third kappa shape index (κ3) is 4.74. The number of rotatable bonds is 6. The first-order valence-corrected chi connectivity index (χ1v) is 13.7. The number of thiazole rings is 1. The van der Waals surface area contributed by atoms with Crippen LogP contribution in [0.4, 0.5) is 0 Å². The number of sulfonamides is 1. The molecule has 1 aliphatic rings. The van der Waals surface area contributed by atoms with E-state index >= 15 is 0 Å². The normalized spacial score (nSPS) is 15.5. The predicted octanol–water partition coefficient (Wildman–Crippen LogP) is 4.76. The third-order valence-electron chi connectivity index (χ3n) is 6.44. The number of carbonyl (C=O) groups is 1. The van der Waals surface area contributed by atoms with Gasteiger partial charge in [-0.3, -0.25) is 4.79 Å². The van der Waals surface area contributed by atoms with E-state index in [1.54, 1.807) is 7.05 Å². The zero-order valence-corrected chi connectivity index (χ0v) is 21.3. The zero-order valence-electron chi connectivity index (χ0n) is 19.7. The van der Waals surface area contributed by atoms with E-state index in [4.69, 9.17) is 6.42 Å². The molecule has 4 rings (SSSR count). The van der Waals surface area contributed by atoms with E-state index in [0.29, 0.717) is 22.8 Å². The molecule has 0 bridgehead atoms. The fraction of sp³-hybridized carbons (Fsp3) is 0.385. The van der Waals surface area contributed by atoms with E-state index in [-0.39, 0.29) is 10.9 Å². The maximum Gasteiger partial charge on any atom is 0.279 e. The molecule has 0 atom stereocenters. The fourth-order valence-corrected chi connectivity index (χ4v) is 6.82. The van der Waals surface area contributed by atoms with E-state index in [1.165, 1.54) is 45.5 Å². The molecule has 1 aromatic heterocycles. The molecule has 0 saturated heterocycles. The Labute approximate surface area is 205 Å². The van der Waals surface area contributed by atoms with Crippen LogP contribution in [0.3, 0.4) is 0 Å². The van der Waals surface area contributed by atoms with Gasteiger partial charge >= 0.3 is 0 Å². The van der Waals surface area contributed by atoms with Gasteiger partial charge in [0, 0.05) is 18.7 Å². The van der Waals surface area contributed by atoms with Gasteiger partial charge < -0.3 is 4.57 Å². The average Bonchev–Trinajstić information content (AvgIpc) is 3.47. The fourth-order valence-electron chi connectivity index (χ4n) is 4.33. The molecule has 0 spiro atoms. The van der Waals surface area contributed by atoms with E-state index in [9.17, 15) is 13.2 Å². The second-order valence-corrected chi connectivity index (χ2v) is 12.0. The van der Waals surface area contributed by atoms with Gasteiger partial charge in [0.25, 0.3) is 5.91 Å². The summed E-state index contributed by atoms with van der Waals surface area (Å²) >= 11 is 1.42. The largest absolute Gasteiger partial charge is 0.305 e. The number of terminal acetylenes is 1. The molecule has 34 heavy (non-hydrogen) atoms. The smallest absolute Gasteiger partial charge is 0.279 e. The first kappa shape index (κ1) is 24.4. The Balaban J connectivity index is 1.65. The second-order valence-electron chi connectivity index (χ2n) is 8.96. The van der Waals surface area contributed by atoms with Crippen molar-refractivity contribution >= 4 is 37.5 Å². The minimum Gasteiger partial charge on any atom is -0.305 e. The molecule has 1 saturated carbocycles. The van der Waals surface area contributed by atoms with Crippen LogP contribution < -0.4 is 4.80 Å². The molecule has 1 fully saturated rings. The number of amides is 1. The number of hydrogen-bond donors (Lipinski definition) is 0. The van der Waals surface area contributed by atoms with Gasteiger partial charge in [-0.05, 0) is 60.7 Å². The van der Waals surface area contributed by atoms with Gasteiger partial charge in [0.2, 0.25) is 10.0 Å². The molecule has 2 aromatic carbocycles. The minimum absolute atomic E-state index is 0.0390. The summed E-state index contributed by atoms with van der Waals surface area (Å²) in [5, 5.41) is 0. The van der Waals surface area contributed by atoms with E-state index in [1.807, 2.05) is 10.6 Å². The van der Waals surface area contributed by atoms with Crippen LogP contribution in [-0.4, -0.2) is 36.3 Å². The van der Waals surface area contributed by atoms with Crippen LogP contribution >= 0.6 is 11.3 Å². The van der Waals surface area contributed by atoms with Crippen molar-refractivity contribution < 1.29 is 13.2 Å². The van der Waals surface area contributed by atoms with Crippen LogP contribution in [0.5, 0.6) is 0 Å². The summed E-state index contributed by atoms with van der Waals surface area (Å²) in [7, 11) is -1.96. The number of nitrogens with zero attached hydrogens (tertiary/aromatic N) is 3.